The molecule has 0 fully saturated rings. The Kier molecular flexibility index (Phi) is 3.67. The van der Waals surface area contributed by atoms with Crippen LogP contribution in [-0.4, -0.2) is 22.8 Å². The average molecular weight is 206 g/mol. The molecule has 0 saturated heterocycles. The van der Waals surface area contributed by atoms with Gasteiger partial charge in [-0.3, -0.25) is 0 Å². The summed E-state index contributed by atoms with van der Waals surface area (Å²) in [6.07, 6.45) is -2.12. The largest absolute Gasteiger partial charge is 0.463 e. The van der Waals surface area contributed by atoms with Gasteiger partial charge in [0.2, 0.25) is 0 Å². The van der Waals surface area contributed by atoms with E-state index >= 15 is 0 Å². The second kappa shape index (κ2) is 4.78. The van der Waals surface area contributed by atoms with Crippen molar-refractivity contribution in [1.29, 1.82) is 0 Å². The van der Waals surface area contributed by atoms with Crippen LogP contribution >= 0.6 is 0 Å². The lowest BCUT2D eigenvalue weighted by Gasteiger charge is -2.06. The molecule has 0 aliphatic carbocycles. The van der Waals surface area contributed by atoms with E-state index in [0.717, 1.165) is 0 Å². The predicted molar refractivity (Wildman–Crippen MR) is 42.8 cm³/mol. The van der Waals surface area contributed by atoms with Crippen molar-refractivity contribution in [3.63, 3.8) is 0 Å². The third kappa shape index (κ3) is 4.64. The van der Waals surface area contributed by atoms with Crippen molar-refractivity contribution in [2.75, 3.05) is 6.61 Å². The molecule has 14 heavy (non-hydrogen) atoms. The van der Waals surface area contributed by atoms with Crippen molar-refractivity contribution in [2.24, 2.45) is 0 Å². The molecular weight excluding hydrogens is 197 g/mol. The summed E-state index contributed by atoms with van der Waals surface area (Å²) in [6.45, 7) is -0.0243. The third-order valence-electron chi connectivity index (χ3n) is 1.38. The van der Waals surface area contributed by atoms with Gasteiger partial charge in [0.15, 0.2) is 0 Å². The Morgan fingerprint density at radius 1 is 1.21 bits per heavy atom. The van der Waals surface area contributed by atoms with Gasteiger partial charge in [-0.05, 0) is 12.5 Å². The summed E-state index contributed by atoms with van der Waals surface area (Å²) in [7, 11) is 0. The topological polar surface area (TPSA) is 35.0 Å². The van der Waals surface area contributed by atoms with Gasteiger partial charge in [0.05, 0.1) is 6.61 Å². The third-order valence-corrected chi connectivity index (χ3v) is 1.38. The molecule has 78 valence electrons. The molecule has 3 nitrogen and oxygen atoms in total. The second-order valence-electron chi connectivity index (χ2n) is 2.60. The highest BCUT2D eigenvalue weighted by Crippen LogP contribution is 2.21. The van der Waals surface area contributed by atoms with Crippen molar-refractivity contribution in [3.8, 4) is 6.01 Å². The predicted octanol–water partition coefficient (Wildman–Crippen LogP) is 2.20. The molecular formula is C8H9F3N2O. The summed E-state index contributed by atoms with van der Waals surface area (Å²) >= 11 is 0. The van der Waals surface area contributed by atoms with Crippen LogP contribution < -0.4 is 4.74 Å². The number of ether oxygens (including phenoxy) is 1. The first kappa shape index (κ1) is 10.7. The van der Waals surface area contributed by atoms with E-state index in [-0.39, 0.29) is 19.0 Å². The van der Waals surface area contributed by atoms with Crippen molar-refractivity contribution in [2.45, 2.75) is 19.0 Å². The van der Waals surface area contributed by atoms with Gasteiger partial charge >= 0.3 is 12.2 Å². The number of aromatic nitrogens is 2. The van der Waals surface area contributed by atoms with Gasteiger partial charge in [-0.2, -0.15) is 13.2 Å². The number of rotatable bonds is 4. The van der Waals surface area contributed by atoms with Crippen molar-refractivity contribution in [3.05, 3.63) is 18.5 Å². The Hall–Kier alpha value is -1.33. The van der Waals surface area contributed by atoms with E-state index in [0.29, 0.717) is 0 Å². The maximum atomic E-state index is 11.7. The molecule has 0 N–H and O–H groups in total. The van der Waals surface area contributed by atoms with Crippen LogP contribution in [0.15, 0.2) is 18.5 Å². The minimum absolute atomic E-state index is 0.0243. The van der Waals surface area contributed by atoms with Gasteiger partial charge in [-0.25, -0.2) is 9.97 Å². The molecule has 6 heteroatoms. The van der Waals surface area contributed by atoms with Crippen LogP contribution in [0.5, 0.6) is 6.01 Å². The number of halogens is 3. The molecule has 0 unspecified atom stereocenters. The minimum Gasteiger partial charge on any atom is -0.463 e. The molecule has 0 aromatic carbocycles. The van der Waals surface area contributed by atoms with Gasteiger partial charge < -0.3 is 4.74 Å². The highest BCUT2D eigenvalue weighted by molar-refractivity contribution is 4.92. The fraction of sp³-hybridized carbons (Fsp3) is 0.500. The first-order valence-corrected chi connectivity index (χ1v) is 4.04. The van der Waals surface area contributed by atoms with Crippen LogP contribution in [0.1, 0.15) is 12.8 Å². The average Bonchev–Trinajstić information content (AvgIpc) is 2.13. The molecule has 1 aromatic rings. The molecule has 0 bridgehead atoms. The van der Waals surface area contributed by atoms with Gasteiger partial charge in [-0.15, -0.1) is 0 Å². The highest BCUT2D eigenvalue weighted by Gasteiger charge is 2.26. The Morgan fingerprint density at radius 2 is 1.86 bits per heavy atom. The molecule has 0 spiro atoms. The summed E-state index contributed by atoms with van der Waals surface area (Å²) in [5, 5.41) is 0. The molecule has 0 amide bonds. The summed E-state index contributed by atoms with van der Waals surface area (Å²) in [4.78, 5) is 7.40. The molecule has 1 heterocycles. The SMILES string of the molecule is FC(F)(F)CCCOc1ncccn1. The Labute approximate surface area is 78.9 Å². The second-order valence-corrected chi connectivity index (χ2v) is 2.60. The zero-order valence-electron chi connectivity index (χ0n) is 7.29. The van der Waals surface area contributed by atoms with E-state index in [2.05, 4.69) is 9.97 Å². The van der Waals surface area contributed by atoms with E-state index in [1.165, 1.54) is 12.4 Å². The van der Waals surface area contributed by atoms with Crippen LogP contribution in [-0.2, 0) is 0 Å². The van der Waals surface area contributed by atoms with Crippen LogP contribution in [0.25, 0.3) is 0 Å². The normalized spacial score (nSPS) is 11.4. The lowest BCUT2D eigenvalue weighted by Crippen LogP contribution is -2.10. The van der Waals surface area contributed by atoms with Crippen LogP contribution in [0.3, 0.4) is 0 Å². The molecule has 0 saturated carbocycles. The molecule has 0 aliphatic heterocycles. The van der Waals surface area contributed by atoms with E-state index in [9.17, 15) is 13.2 Å². The fourth-order valence-corrected chi connectivity index (χ4v) is 0.796. The van der Waals surface area contributed by atoms with Crippen molar-refractivity contribution in [1.82, 2.24) is 9.97 Å². The first-order chi connectivity index (χ1) is 6.58. The van der Waals surface area contributed by atoms with E-state index in [1.54, 1.807) is 6.07 Å². The van der Waals surface area contributed by atoms with E-state index < -0.39 is 12.6 Å². The first-order valence-electron chi connectivity index (χ1n) is 4.04. The quantitative estimate of drug-likeness (QED) is 0.708. The number of nitrogens with zero attached hydrogens (tertiary/aromatic N) is 2. The fourth-order valence-electron chi connectivity index (χ4n) is 0.796. The number of alkyl halides is 3. The van der Waals surface area contributed by atoms with Crippen LogP contribution in [0.2, 0.25) is 0 Å². The van der Waals surface area contributed by atoms with E-state index in [1.807, 2.05) is 0 Å². The van der Waals surface area contributed by atoms with Crippen molar-refractivity contribution >= 4 is 0 Å². The summed E-state index contributed by atoms with van der Waals surface area (Å²) in [5.41, 5.74) is 0. The smallest absolute Gasteiger partial charge is 0.389 e. The van der Waals surface area contributed by atoms with Crippen LogP contribution in [0.4, 0.5) is 13.2 Å². The Balaban J connectivity index is 2.17. The monoisotopic (exact) mass is 206 g/mol. The van der Waals surface area contributed by atoms with Gasteiger partial charge in [0.1, 0.15) is 0 Å². The van der Waals surface area contributed by atoms with Crippen LogP contribution in [0, 0.1) is 0 Å². The molecule has 1 rings (SSSR count). The lowest BCUT2D eigenvalue weighted by molar-refractivity contribution is -0.136. The Morgan fingerprint density at radius 3 is 2.43 bits per heavy atom. The summed E-state index contributed by atoms with van der Waals surface area (Å²) in [6, 6.07) is 1.71. The lowest BCUT2D eigenvalue weighted by atomic mass is 10.3. The maximum Gasteiger partial charge on any atom is 0.389 e. The molecule has 0 radical (unpaired) electrons. The molecule has 0 aliphatic rings. The van der Waals surface area contributed by atoms with Gasteiger partial charge in [0, 0.05) is 18.8 Å². The number of hydrogen-bond donors (Lipinski definition) is 0. The molecule has 0 atom stereocenters. The van der Waals surface area contributed by atoms with E-state index in [4.69, 9.17) is 4.74 Å². The highest BCUT2D eigenvalue weighted by atomic mass is 19.4. The van der Waals surface area contributed by atoms with Gasteiger partial charge in [-0.1, -0.05) is 0 Å². The summed E-state index contributed by atoms with van der Waals surface area (Å²) in [5.74, 6) is 0. The Bertz CT molecular complexity index is 263. The number of hydrogen-bond acceptors (Lipinski definition) is 3. The summed E-state index contributed by atoms with van der Waals surface area (Å²) < 4.78 is 40.0. The minimum atomic E-state index is -4.12. The maximum absolute atomic E-state index is 11.7. The van der Waals surface area contributed by atoms with Crippen molar-refractivity contribution < 1.29 is 17.9 Å². The standard InChI is InChI=1S/C8H9F3N2O/c9-8(10,11)3-1-6-14-7-12-4-2-5-13-7/h2,4-5H,1,3,6H2. The molecule has 1 aromatic heterocycles. The zero-order valence-corrected chi connectivity index (χ0v) is 7.29. The zero-order chi connectivity index (χ0) is 10.4. The van der Waals surface area contributed by atoms with Gasteiger partial charge in [0.25, 0.3) is 0 Å².